The summed E-state index contributed by atoms with van der Waals surface area (Å²) in [7, 11) is 0. The Labute approximate surface area is 88.4 Å². The Morgan fingerprint density at radius 2 is 1.38 bits per heavy atom. The molecule has 0 nitrogen and oxygen atoms in total. The quantitative estimate of drug-likeness (QED) is 0.493. The molecule has 0 aliphatic rings. The van der Waals surface area contributed by atoms with Gasteiger partial charge in [-0.1, -0.05) is 0 Å². The maximum Gasteiger partial charge on any atom is 0.191 e. The van der Waals surface area contributed by atoms with Crippen LogP contribution in [0.25, 0.3) is 18.8 Å². The minimum atomic E-state index is 1.42. The molecule has 0 amide bonds. The van der Waals surface area contributed by atoms with Gasteiger partial charge in [0.05, 0.1) is 0 Å². The van der Waals surface area contributed by atoms with E-state index < -0.39 is 0 Å². The third kappa shape index (κ3) is 1.08. The molecule has 0 spiro atoms. The lowest BCUT2D eigenvalue weighted by atomic mass is 10.4. The maximum absolute atomic E-state index is 2.32. The summed E-state index contributed by atoms with van der Waals surface area (Å²) in [5.41, 5.74) is 0. The normalized spacial score (nSPS) is 11.8. The SMILES string of the molecule is Cc1cc2[sH+]c3cc(C)sc3c2s1. The first kappa shape index (κ1) is 7.97. The van der Waals surface area contributed by atoms with Gasteiger partial charge in [0.1, 0.15) is 9.40 Å². The summed E-state index contributed by atoms with van der Waals surface area (Å²) in [4.78, 5) is 2.88. The number of hydrogen-bond acceptors (Lipinski definition) is 2. The molecule has 66 valence electrons. The van der Waals surface area contributed by atoms with Gasteiger partial charge < -0.3 is 0 Å². The van der Waals surface area contributed by atoms with Crippen molar-refractivity contribution in [3.8, 4) is 0 Å². The van der Waals surface area contributed by atoms with Crippen molar-refractivity contribution in [2.75, 3.05) is 0 Å². The molecule has 0 bridgehead atoms. The van der Waals surface area contributed by atoms with E-state index in [-0.39, 0.29) is 0 Å². The minimum absolute atomic E-state index is 1.42. The van der Waals surface area contributed by atoms with Crippen LogP contribution in [0, 0.1) is 13.8 Å². The Kier molecular flexibility index (Phi) is 1.57. The van der Waals surface area contributed by atoms with Gasteiger partial charge in [-0.25, -0.2) is 0 Å². The number of aryl methyl sites for hydroxylation is 2. The van der Waals surface area contributed by atoms with Crippen LogP contribution in [0.4, 0.5) is 0 Å². The van der Waals surface area contributed by atoms with E-state index in [0.29, 0.717) is 0 Å². The van der Waals surface area contributed by atoms with Crippen molar-refractivity contribution in [2.45, 2.75) is 13.8 Å². The Morgan fingerprint density at radius 1 is 0.923 bits per heavy atom. The van der Waals surface area contributed by atoms with Gasteiger partial charge >= 0.3 is 0 Å². The molecule has 0 aliphatic carbocycles. The first-order valence-electron chi connectivity index (χ1n) is 4.17. The van der Waals surface area contributed by atoms with E-state index in [2.05, 4.69) is 26.0 Å². The minimum Gasteiger partial charge on any atom is -0.134 e. The van der Waals surface area contributed by atoms with Gasteiger partial charge in [-0.15, -0.1) is 22.7 Å². The molecule has 3 rings (SSSR count). The van der Waals surface area contributed by atoms with Crippen molar-refractivity contribution >= 4 is 52.8 Å². The van der Waals surface area contributed by atoms with Crippen LogP contribution >= 0.6 is 34.0 Å². The highest BCUT2D eigenvalue weighted by molar-refractivity contribution is 7.38. The highest BCUT2D eigenvalue weighted by Crippen LogP contribution is 2.43. The molecular weight excluding hydrogens is 216 g/mol. The van der Waals surface area contributed by atoms with Gasteiger partial charge in [0.25, 0.3) is 0 Å². The summed E-state index contributed by atoms with van der Waals surface area (Å²) in [5, 5.41) is 0. The average Bonchev–Trinajstić information content (AvgIpc) is 2.60. The molecule has 3 aromatic rings. The molecule has 0 N–H and O–H groups in total. The lowest BCUT2D eigenvalue weighted by molar-refractivity contribution is 1.66. The van der Waals surface area contributed by atoms with Gasteiger partial charge in [-0.2, -0.15) is 0 Å². The van der Waals surface area contributed by atoms with E-state index >= 15 is 0 Å². The largest absolute Gasteiger partial charge is 0.191 e. The maximum atomic E-state index is 2.32. The first-order valence-corrected chi connectivity index (χ1v) is 6.70. The molecule has 3 aromatic heterocycles. The second-order valence-corrected chi connectivity index (χ2v) is 6.95. The van der Waals surface area contributed by atoms with Gasteiger partial charge in [-0.05, 0) is 25.2 Å². The number of thiophene rings is 3. The summed E-state index contributed by atoms with van der Waals surface area (Å²) < 4.78 is 6.08. The highest BCUT2D eigenvalue weighted by atomic mass is 32.1. The van der Waals surface area contributed by atoms with Crippen molar-refractivity contribution in [3.63, 3.8) is 0 Å². The summed E-state index contributed by atoms with van der Waals surface area (Å²) >= 11 is 5.29. The fourth-order valence-electron chi connectivity index (χ4n) is 1.62. The standard InChI is InChI=1S/C10H8S3/c1-5-3-7-9(11-5)10-8(13-7)4-6(2)12-10/h3-4H,1-2H3/p+1. The van der Waals surface area contributed by atoms with Crippen LogP contribution in [-0.2, 0) is 0 Å². The van der Waals surface area contributed by atoms with E-state index in [4.69, 9.17) is 0 Å². The molecule has 0 unspecified atom stereocenters. The molecule has 13 heavy (non-hydrogen) atoms. The fraction of sp³-hybridized carbons (Fsp3) is 0.200. The van der Waals surface area contributed by atoms with Crippen molar-refractivity contribution in [2.24, 2.45) is 0 Å². The highest BCUT2D eigenvalue weighted by Gasteiger charge is 2.16. The molecule has 0 radical (unpaired) electrons. The lowest BCUT2D eigenvalue weighted by Crippen LogP contribution is -1.47. The molecule has 3 heteroatoms. The van der Waals surface area contributed by atoms with Gasteiger partial charge in [0, 0.05) is 21.9 Å². The van der Waals surface area contributed by atoms with Crippen LogP contribution in [0.2, 0.25) is 0 Å². The number of rotatable bonds is 0. The summed E-state index contributed by atoms with van der Waals surface area (Å²) in [6.45, 7) is 4.39. The fourth-order valence-corrected chi connectivity index (χ4v) is 5.68. The molecule has 0 aromatic carbocycles. The van der Waals surface area contributed by atoms with Crippen LogP contribution in [-0.4, -0.2) is 0 Å². The van der Waals surface area contributed by atoms with Crippen molar-refractivity contribution in [1.82, 2.24) is 0 Å². The van der Waals surface area contributed by atoms with Crippen molar-refractivity contribution < 1.29 is 0 Å². The van der Waals surface area contributed by atoms with Crippen molar-refractivity contribution in [3.05, 3.63) is 21.9 Å². The van der Waals surface area contributed by atoms with Crippen LogP contribution in [0.1, 0.15) is 9.75 Å². The molecular formula is C10H9S3+. The van der Waals surface area contributed by atoms with Crippen LogP contribution < -0.4 is 0 Å². The molecule has 0 saturated carbocycles. The van der Waals surface area contributed by atoms with E-state index in [0.717, 1.165) is 0 Å². The Balaban J connectivity index is 2.56. The Morgan fingerprint density at radius 3 is 1.85 bits per heavy atom. The van der Waals surface area contributed by atoms with Gasteiger partial charge in [-0.3, -0.25) is 0 Å². The molecule has 3 heterocycles. The Hall–Kier alpha value is -0.380. The van der Waals surface area contributed by atoms with E-state index in [1.54, 1.807) is 0 Å². The van der Waals surface area contributed by atoms with E-state index in [1.807, 2.05) is 22.7 Å². The molecule has 0 atom stereocenters. The van der Waals surface area contributed by atoms with E-state index in [9.17, 15) is 0 Å². The first-order chi connectivity index (χ1) is 6.24. The molecule has 0 saturated heterocycles. The molecule has 0 aliphatic heterocycles. The monoisotopic (exact) mass is 225 g/mol. The zero-order valence-corrected chi connectivity index (χ0v) is 9.95. The second-order valence-electron chi connectivity index (χ2n) is 3.25. The molecule has 0 fully saturated rings. The van der Waals surface area contributed by atoms with Crippen LogP contribution in [0.5, 0.6) is 0 Å². The zero-order chi connectivity index (χ0) is 9.00. The van der Waals surface area contributed by atoms with Gasteiger partial charge in [0.2, 0.25) is 0 Å². The van der Waals surface area contributed by atoms with Gasteiger partial charge in [0.15, 0.2) is 9.40 Å². The predicted octanol–water partition coefficient (Wildman–Crippen LogP) is 4.53. The topological polar surface area (TPSA) is 0 Å². The van der Waals surface area contributed by atoms with Crippen molar-refractivity contribution in [1.29, 1.82) is 0 Å². The average molecular weight is 225 g/mol. The summed E-state index contributed by atoms with van der Waals surface area (Å²) in [6, 6.07) is 4.65. The third-order valence-corrected chi connectivity index (χ3v) is 5.87. The lowest BCUT2D eigenvalue weighted by Gasteiger charge is -1.73. The summed E-state index contributed by atoms with van der Waals surface area (Å²) in [6.07, 6.45) is 0. The Bertz CT molecular complexity index is 529. The van der Waals surface area contributed by atoms with Crippen LogP contribution in [0.3, 0.4) is 0 Å². The third-order valence-electron chi connectivity index (χ3n) is 2.12. The number of hydrogen-bond donors (Lipinski definition) is 0. The van der Waals surface area contributed by atoms with Crippen LogP contribution in [0.15, 0.2) is 12.1 Å². The predicted molar refractivity (Wildman–Crippen MR) is 66.0 cm³/mol. The van der Waals surface area contributed by atoms with E-state index in [1.165, 1.54) is 39.9 Å². The zero-order valence-electron chi connectivity index (χ0n) is 7.42. The number of fused-ring (bicyclic) bond motifs is 3. The summed E-state index contributed by atoms with van der Waals surface area (Å²) in [5.74, 6) is 0. The smallest absolute Gasteiger partial charge is 0.134 e. The second kappa shape index (κ2) is 2.56.